The van der Waals surface area contributed by atoms with Crippen LogP contribution in [0.2, 0.25) is 0 Å². The number of benzene rings is 1. The van der Waals surface area contributed by atoms with Gasteiger partial charge < -0.3 is 10.2 Å². The third-order valence-corrected chi connectivity index (χ3v) is 5.83. The fraction of sp³-hybridized carbons (Fsp3) is 0.350. The lowest BCUT2D eigenvalue weighted by molar-refractivity contribution is 0.102. The Morgan fingerprint density at radius 1 is 1.27 bits per heavy atom. The minimum absolute atomic E-state index is 0.282. The van der Waals surface area contributed by atoms with E-state index in [-0.39, 0.29) is 16.7 Å². The smallest absolute Gasteiger partial charge is 0.286 e. The fourth-order valence-corrected chi connectivity index (χ4v) is 4.37. The predicted octanol–water partition coefficient (Wildman–Crippen LogP) is 2.82. The molecule has 1 amide bonds. The van der Waals surface area contributed by atoms with Crippen molar-refractivity contribution in [2.75, 3.05) is 30.4 Å². The van der Waals surface area contributed by atoms with Gasteiger partial charge in [0.15, 0.2) is 5.82 Å². The van der Waals surface area contributed by atoms with Gasteiger partial charge in [-0.25, -0.2) is 4.39 Å². The second-order valence-corrected chi connectivity index (χ2v) is 8.29. The molecule has 1 saturated heterocycles. The molecule has 3 heterocycles. The molecule has 0 aliphatic carbocycles. The van der Waals surface area contributed by atoms with Gasteiger partial charge in [-0.05, 0) is 56.3 Å². The highest BCUT2D eigenvalue weighted by Gasteiger charge is 2.27. The molecule has 1 aliphatic rings. The van der Waals surface area contributed by atoms with Crippen molar-refractivity contribution >= 4 is 28.7 Å². The van der Waals surface area contributed by atoms with Crippen LogP contribution in [-0.2, 0) is 6.54 Å². The van der Waals surface area contributed by atoms with Crippen molar-refractivity contribution in [1.29, 1.82) is 0 Å². The summed E-state index contributed by atoms with van der Waals surface area (Å²) >= 11 is 1.26. The maximum Gasteiger partial charge on any atom is 0.286 e. The first kappa shape index (κ1) is 20.3. The normalized spacial score (nSPS) is 16.2. The summed E-state index contributed by atoms with van der Waals surface area (Å²) in [5, 5.41) is 20.1. The summed E-state index contributed by atoms with van der Waals surface area (Å²) in [6.45, 7) is 2.43. The topological polar surface area (TPSA) is 87.1 Å². The van der Waals surface area contributed by atoms with E-state index in [4.69, 9.17) is 0 Å². The summed E-state index contributed by atoms with van der Waals surface area (Å²) in [5.41, 5.74) is 0.514. The first-order valence-corrected chi connectivity index (χ1v) is 10.5. The number of halogens is 1. The number of amides is 1. The lowest BCUT2D eigenvalue weighted by Crippen LogP contribution is -2.39. The monoisotopic (exact) mass is 427 g/mol. The Morgan fingerprint density at radius 2 is 2.10 bits per heavy atom. The van der Waals surface area contributed by atoms with Gasteiger partial charge in [0.05, 0.1) is 6.54 Å². The molecule has 0 spiro atoms. The fourth-order valence-electron chi connectivity index (χ4n) is 3.56. The Morgan fingerprint density at radius 3 is 2.87 bits per heavy atom. The maximum atomic E-state index is 13.0. The molecule has 0 radical (unpaired) electrons. The average Bonchev–Trinajstić information content (AvgIpc) is 3.40. The number of nitrogens with one attached hydrogen (secondary N) is 1. The number of likely N-dealkylation sites (N-methyl/N-ethyl adjacent to an activating group) is 1. The van der Waals surface area contributed by atoms with Gasteiger partial charge in [-0.3, -0.25) is 9.69 Å². The van der Waals surface area contributed by atoms with Crippen LogP contribution in [0.3, 0.4) is 0 Å². The summed E-state index contributed by atoms with van der Waals surface area (Å²) in [6, 6.07) is 9.86. The van der Waals surface area contributed by atoms with E-state index in [1.165, 1.54) is 35.6 Å². The molecule has 3 aromatic rings. The SMILES string of the molecule is CN(Cc1nnc(C(=O)Nc2ccc(F)cc2)s1)CC1CCCN1c1cccnn1. The molecule has 1 unspecified atom stereocenters. The molecule has 1 aliphatic heterocycles. The quantitative estimate of drug-likeness (QED) is 0.620. The van der Waals surface area contributed by atoms with Gasteiger partial charge in [0.2, 0.25) is 5.01 Å². The van der Waals surface area contributed by atoms with Crippen LogP contribution in [0, 0.1) is 5.82 Å². The number of aromatic nitrogens is 4. The van der Waals surface area contributed by atoms with Gasteiger partial charge in [0.1, 0.15) is 10.8 Å². The zero-order valence-electron chi connectivity index (χ0n) is 16.5. The van der Waals surface area contributed by atoms with Crippen LogP contribution < -0.4 is 10.2 Å². The third-order valence-electron chi connectivity index (χ3n) is 4.92. The Labute approximate surface area is 177 Å². The zero-order valence-corrected chi connectivity index (χ0v) is 17.3. The molecule has 4 rings (SSSR count). The first-order valence-electron chi connectivity index (χ1n) is 9.70. The van der Waals surface area contributed by atoms with Crippen molar-refractivity contribution in [3.63, 3.8) is 0 Å². The van der Waals surface area contributed by atoms with Crippen LogP contribution in [-0.4, -0.2) is 57.4 Å². The van der Waals surface area contributed by atoms with Crippen LogP contribution in [0.25, 0.3) is 0 Å². The van der Waals surface area contributed by atoms with E-state index < -0.39 is 0 Å². The molecule has 1 fully saturated rings. The Kier molecular flexibility index (Phi) is 6.24. The lowest BCUT2D eigenvalue weighted by Gasteiger charge is -2.28. The summed E-state index contributed by atoms with van der Waals surface area (Å²) < 4.78 is 13.0. The molecule has 2 aromatic heterocycles. The molecule has 0 bridgehead atoms. The number of carbonyl (C=O) groups is 1. The van der Waals surface area contributed by atoms with Crippen molar-refractivity contribution in [3.05, 3.63) is 58.4 Å². The second-order valence-electron chi connectivity index (χ2n) is 7.23. The molecule has 156 valence electrons. The third kappa shape index (κ3) is 4.95. The zero-order chi connectivity index (χ0) is 20.9. The Hall–Kier alpha value is -2.98. The molecule has 30 heavy (non-hydrogen) atoms. The van der Waals surface area contributed by atoms with Crippen molar-refractivity contribution in [2.24, 2.45) is 0 Å². The van der Waals surface area contributed by atoms with E-state index in [9.17, 15) is 9.18 Å². The number of anilines is 2. The summed E-state index contributed by atoms with van der Waals surface area (Å²) in [5.74, 6) is 0.205. The van der Waals surface area contributed by atoms with Crippen LogP contribution in [0.15, 0.2) is 42.6 Å². The van der Waals surface area contributed by atoms with Gasteiger partial charge in [0.25, 0.3) is 5.91 Å². The predicted molar refractivity (Wildman–Crippen MR) is 113 cm³/mol. The van der Waals surface area contributed by atoms with E-state index in [1.54, 1.807) is 6.20 Å². The molecule has 10 heteroatoms. The second kappa shape index (κ2) is 9.23. The van der Waals surface area contributed by atoms with Crippen LogP contribution in [0.1, 0.15) is 27.7 Å². The minimum atomic E-state index is -0.352. The van der Waals surface area contributed by atoms with E-state index in [1.807, 2.05) is 19.2 Å². The highest BCUT2D eigenvalue weighted by molar-refractivity contribution is 7.13. The highest BCUT2D eigenvalue weighted by Crippen LogP contribution is 2.24. The van der Waals surface area contributed by atoms with Crippen molar-refractivity contribution in [1.82, 2.24) is 25.3 Å². The first-order chi connectivity index (χ1) is 14.6. The Bertz CT molecular complexity index is 982. The number of carbonyl (C=O) groups excluding carboxylic acids is 1. The molecular formula is C20H22FN7OS. The van der Waals surface area contributed by atoms with Gasteiger partial charge in [0, 0.05) is 31.0 Å². The molecule has 0 saturated carbocycles. The molecule has 8 nitrogen and oxygen atoms in total. The standard InChI is InChI=1S/C20H22FN7OS/c1-27(12-16-4-3-11-28(16)17-5-2-10-22-24-17)13-18-25-26-20(30-18)19(29)23-15-8-6-14(21)7-9-15/h2,5-10,16H,3-4,11-13H2,1H3,(H,23,29). The number of hydrogen-bond donors (Lipinski definition) is 1. The summed E-state index contributed by atoms with van der Waals surface area (Å²) in [6.07, 6.45) is 3.91. The highest BCUT2D eigenvalue weighted by atomic mass is 32.1. The number of rotatable bonds is 7. The molecule has 1 atom stereocenters. The average molecular weight is 428 g/mol. The summed E-state index contributed by atoms with van der Waals surface area (Å²) in [4.78, 5) is 16.8. The molecule has 1 aromatic carbocycles. The summed E-state index contributed by atoms with van der Waals surface area (Å²) in [7, 11) is 2.03. The molecule has 1 N–H and O–H groups in total. The Balaban J connectivity index is 1.33. The van der Waals surface area contributed by atoms with E-state index >= 15 is 0 Å². The van der Waals surface area contributed by atoms with Crippen molar-refractivity contribution in [3.8, 4) is 0 Å². The molecular weight excluding hydrogens is 405 g/mol. The van der Waals surface area contributed by atoms with Crippen LogP contribution in [0.5, 0.6) is 0 Å². The van der Waals surface area contributed by atoms with Gasteiger partial charge in [-0.2, -0.15) is 5.10 Å². The van der Waals surface area contributed by atoms with Crippen LogP contribution >= 0.6 is 11.3 Å². The largest absolute Gasteiger partial charge is 0.351 e. The maximum absolute atomic E-state index is 13.0. The van der Waals surface area contributed by atoms with Crippen molar-refractivity contribution < 1.29 is 9.18 Å². The van der Waals surface area contributed by atoms with Gasteiger partial charge in [-0.1, -0.05) is 11.3 Å². The lowest BCUT2D eigenvalue weighted by atomic mass is 10.2. The van der Waals surface area contributed by atoms with Crippen molar-refractivity contribution in [2.45, 2.75) is 25.4 Å². The van der Waals surface area contributed by atoms with E-state index in [0.717, 1.165) is 36.8 Å². The number of nitrogens with zero attached hydrogens (tertiary/aromatic N) is 6. The minimum Gasteiger partial charge on any atom is -0.351 e. The van der Waals surface area contributed by atoms with Gasteiger partial charge >= 0.3 is 0 Å². The van der Waals surface area contributed by atoms with Gasteiger partial charge in [-0.15, -0.1) is 15.3 Å². The number of hydrogen-bond acceptors (Lipinski definition) is 8. The van der Waals surface area contributed by atoms with E-state index in [2.05, 4.69) is 35.5 Å². The van der Waals surface area contributed by atoms with E-state index in [0.29, 0.717) is 18.3 Å². The van der Waals surface area contributed by atoms with Crippen LogP contribution in [0.4, 0.5) is 15.9 Å².